The monoisotopic (exact) mass is 220 g/mol. The van der Waals surface area contributed by atoms with Crippen molar-refractivity contribution in [2.45, 2.75) is 0 Å². The highest BCUT2D eigenvalue weighted by molar-refractivity contribution is 5.85. The Kier molecular flexibility index (Phi) is 4.55. The van der Waals surface area contributed by atoms with Crippen LogP contribution in [0.15, 0.2) is 24.4 Å². The zero-order valence-corrected chi connectivity index (χ0v) is 8.28. The molecule has 4 nitrogen and oxygen atoms in total. The largest absolute Gasteiger partial charge is 0.324 e. The van der Waals surface area contributed by atoms with E-state index in [1.54, 1.807) is 6.20 Å². The molecule has 13 heavy (non-hydrogen) atoms. The second kappa shape index (κ2) is 4.91. The zero-order valence-electron chi connectivity index (χ0n) is 6.65. The molecule has 2 aromatic rings. The van der Waals surface area contributed by atoms with E-state index in [2.05, 4.69) is 15.6 Å². The molecule has 72 valence electrons. The van der Waals surface area contributed by atoms with Gasteiger partial charge in [0.05, 0.1) is 11.7 Å². The first-order chi connectivity index (χ1) is 5.40. The number of hydrogen-bond donors (Lipinski definition) is 3. The summed E-state index contributed by atoms with van der Waals surface area (Å²) in [6, 6.07) is 5.75. The van der Waals surface area contributed by atoms with Gasteiger partial charge in [-0.05, 0) is 18.2 Å². The van der Waals surface area contributed by atoms with Gasteiger partial charge in [0.2, 0.25) is 0 Å². The minimum atomic E-state index is 0. The lowest BCUT2D eigenvalue weighted by Gasteiger charge is -1.96. The molecule has 6 heteroatoms. The van der Waals surface area contributed by atoms with Crippen LogP contribution < -0.4 is 11.3 Å². The van der Waals surface area contributed by atoms with Gasteiger partial charge in [0, 0.05) is 11.1 Å². The van der Waals surface area contributed by atoms with Crippen LogP contribution in [0.2, 0.25) is 0 Å². The number of halogens is 2. The summed E-state index contributed by atoms with van der Waals surface area (Å²) >= 11 is 0. The molecular weight excluding hydrogens is 211 g/mol. The van der Waals surface area contributed by atoms with E-state index < -0.39 is 0 Å². The van der Waals surface area contributed by atoms with Crippen LogP contribution in [-0.2, 0) is 0 Å². The van der Waals surface area contributed by atoms with Crippen LogP contribution in [0.25, 0.3) is 10.9 Å². The highest BCUT2D eigenvalue weighted by atomic mass is 35.5. The molecule has 0 spiro atoms. The SMILES string of the molecule is Cl.Cl.NNc1ccc2[nH]ncc2c1. The molecular formula is C7H10Cl2N4. The summed E-state index contributed by atoms with van der Waals surface area (Å²) in [6.45, 7) is 0. The third-order valence-corrected chi connectivity index (χ3v) is 1.61. The molecule has 0 bridgehead atoms. The normalized spacial score (nSPS) is 8.69. The average molecular weight is 221 g/mol. The van der Waals surface area contributed by atoms with E-state index in [1.165, 1.54) is 0 Å². The number of hydrogen-bond acceptors (Lipinski definition) is 3. The first-order valence-electron chi connectivity index (χ1n) is 3.30. The number of benzene rings is 1. The highest BCUT2D eigenvalue weighted by Gasteiger charge is 1.94. The Morgan fingerprint density at radius 2 is 2.08 bits per heavy atom. The summed E-state index contributed by atoms with van der Waals surface area (Å²) in [7, 11) is 0. The van der Waals surface area contributed by atoms with E-state index in [-0.39, 0.29) is 24.8 Å². The van der Waals surface area contributed by atoms with Crippen molar-refractivity contribution in [1.29, 1.82) is 0 Å². The molecule has 0 atom stereocenters. The average Bonchev–Trinajstić information content (AvgIpc) is 2.50. The van der Waals surface area contributed by atoms with Crippen molar-refractivity contribution in [3.05, 3.63) is 24.4 Å². The van der Waals surface area contributed by atoms with Gasteiger partial charge in [0.25, 0.3) is 0 Å². The number of nitrogens with zero attached hydrogens (tertiary/aromatic N) is 1. The van der Waals surface area contributed by atoms with Crippen LogP contribution in [0.3, 0.4) is 0 Å². The molecule has 0 saturated heterocycles. The number of anilines is 1. The van der Waals surface area contributed by atoms with E-state index in [9.17, 15) is 0 Å². The fraction of sp³-hybridized carbons (Fsp3) is 0. The molecule has 0 aliphatic rings. The van der Waals surface area contributed by atoms with Crippen LogP contribution in [0, 0.1) is 0 Å². The smallest absolute Gasteiger partial charge is 0.0651 e. The zero-order chi connectivity index (χ0) is 7.68. The molecule has 1 aromatic heterocycles. The molecule has 0 amide bonds. The minimum Gasteiger partial charge on any atom is -0.324 e. The summed E-state index contributed by atoms with van der Waals surface area (Å²) in [4.78, 5) is 0. The van der Waals surface area contributed by atoms with Crippen molar-refractivity contribution >= 4 is 41.4 Å². The lowest BCUT2D eigenvalue weighted by molar-refractivity contribution is 1.12. The Bertz CT molecular complexity index is 373. The van der Waals surface area contributed by atoms with E-state index in [1.807, 2.05) is 18.2 Å². The van der Waals surface area contributed by atoms with Crippen LogP contribution in [0.4, 0.5) is 5.69 Å². The molecule has 0 aliphatic heterocycles. The highest BCUT2D eigenvalue weighted by Crippen LogP contribution is 2.15. The Balaban J connectivity index is 0.000000720. The predicted octanol–water partition coefficient (Wildman–Crippen LogP) is 1.69. The van der Waals surface area contributed by atoms with Crippen LogP contribution >= 0.6 is 24.8 Å². The molecule has 1 aromatic carbocycles. The Labute approximate surface area is 87.7 Å². The quantitative estimate of drug-likeness (QED) is 0.507. The van der Waals surface area contributed by atoms with Gasteiger partial charge in [-0.25, -0.2) is 0 Å². The summed E-state index contributed by atoms with van der Waals surface area (Å²) in [5.74, 6) is 5.23. The molecule has 0 saturated carbocycles. The standard InChI is InChI=1S/C7H8N4.2ClH/c8-10-6-1-2-7-5(3-6)4-9-11-7;;/h1-4,10H,8H2,(H,9,11);2*1H. The van der Waals surface area contributed by atoms with Crippen LogP contribution in [0.1, 0.15) is 0 Å². The second-order valence-corrected chi connectivity index (χ2v) is 2.32. The van der Waals surface area contributed by atoms with E-state index in [4.69, 9.17) is 5.84 Å². The van der Waals surface area contributed by atoms with Gasteiger partial charge in [-0.1, -0.05) is 0 Å². The van der Waals surface area contributed by atoms with Gasteiger partial charge in [0.1, 0.15) is 0 Å². The van der Waals surface area contributed by atoms with Gasteiger partial charge in [0.15, 0.2) is 0 Å². The third kappa shape index (κ3) is 2.24. The van der Waals surface area contributed by atoms with Crippen molar-refractivity contribution in [2.24, 2.45) is 5.84 Å². The Morgan fingerprint density at radius 3 is 2.77 bits per heavy atom. The lowest BCUT2D eigenvalue weighted by Crippen LogP contribution is -2.05. The van der Waals surface area contributed by atoms with E-state index in [0.717, 1.165) is 16.6 Å². The number of H-pyrrole nitrogens is 1. The molecule has 4 N–H and O–H groups in total. The maximum Gasteiger partial charge on any atom is 0.0651 e. The summed E-state index contributed by atoms with van der Waals surface area (Å²) in [5, 5.41) is 7.79. The fourth-order valence-electron chi connectivity index (χ4n) is 1.03. The predicted molar refractivity (Wildman–Crippen MR) is 58.4 cm³/mol. The first kappa shape index (κ1) is 12.0. The number of aromatic nitrogens is 2. The third-order valence-electron chi connectivity index (χ3n) is 1.61. The van der Waals surface area contributed by atoms with E-state index in [0.29, 0.717) is 0 Å². The van der Waals surface area contributed by atoms with Crippen molar-refractivity contribution in [3.63, 3.8) is 0 Å². The van der Waals surface area contributed by atoms with Crippen molar-refractivity contribution in [2.75, 3.05) is 5.43 Å². The number of aromatic amines is 1. The van der Waals surface area contributed by atoms with E-state index >= 15 is 0 Å². The minimum absolute atomic E-state index is 0. The van der Waals surface area contributed by atoms with Gasteiger partial charge < -0.3 is 5.43 Å². The van der Waals surface area contributed by atoms with Crippen LogP contribution in [-0.4, -0.2) is 10.2 Å². The summed E-state index contributed by atoms with van der Waals surface area (Å²) in [5.41, 5.74) is 4.47. The second-order valence-electron chi connectivity index (χ2n) is 2.32. The molecule has 0 aliphatic carbocycles. The number of rotatable bonds is 1. The first-order valence-corrected chi connectivity index (χ1v) is 3.30. The molecule has 2 rings (SSSR count). The number of hydrazine groups is 1. The molecule has 1 heterocycles. The number of nitrogens with two attached hydrogens (primary N) is 1. The van der Waals surface area contributed by atoms with Gasteiger partial charge >= 0.3 is 0 Å². The fourth-order valence-corrected chi connectivity index (χ4v) is 1.03. The van der Waals surface area contributed by atoms with Gasteiger partial charge in [-0.15, -0.1) is 24.8 Å². The lowest BCUT2D eigenvalue weighted by atomic mass is 10.2. The number of nitrogens with one attached hydrogen (secondary N) is 2. The number of nitrogen functional groups attached to an aromatic ring is 1. The Morgan fingerprint density at radius 1 is 1.31 bits per heavy atom. The molecule has 0 fully saturated rings. The maximum atomic E-state index is 5.23. The van der Waals surface area contributed by atoms with Crippen molar-refractivity contribution in [1.82, 2.24) is 10.2 Å². The van der Waals surface area contributed by atoms with Crippen LogP contribution in [0.5, 0.6) is 0 Å². The van der Waals surface area contributed by atoms with Crippen molar-refractivity contribution in [3.8, 4) is 0 Å². The topological polar surface area (TPSA) is 66.7 Å². The summed E-state index contributed by atoms with van der Waals surface area (Å²) in [6.07, 6.45) is 1.76. The van der Waals surface area contributed by atoms with Gasteiger partial charge in [-0.2, -0.15) is 5.10 Å². The molecule has 0 unspecified atom stereocenters. The maximum absolute atomic E-state index is 5.23. The summed E-state index contributed by atoms with van der Waals surface area (Å²) < 4.78 is 0. The van der Waals surface area contributed by atoms with Gasteiger partial charge in [-0.3, -0.25) is 10.9 Å². The Hall–Kier alpha value is -0.970. The number of fused-ring (bicyclic) bond motifs is 1. The molecule has 0 radical (unpaired) electrons. The van der Waals surface area contributed by atoms with Crippen molar-refractivity contribution < 1.29 is 0 Å².